The van der Waals surface area contributed by atoms with Crippen molar-refractivity contribution in [2.75, 3.05) is 17.2 Å². The molecule has 3 aromatic rings. The maximum Gasteiger partial charge on any atom is 0.244 e. The summed E-state index contributed by atoms with van der Waals surface area (Å²) in [5.41, 5.74) is 2.47. The minimum atomic E-state index is 0.518. The van der Waals surface area contributed by atoms with Gasteiger partial charge in [0.15, 0.2) is 5.82 Å². The van der Waals surface area contributed by atoms with Crippen molar-refractivity contribution in [2.45, 2.75) is 44.6 Å². The predicted octanol–water partition coefficient (Wildman–Crippen LogP) is 3.75. The van der Waals surface area contributed by atoms with E-state index in [1.54, 1.807) is 6.20 Å². The number of aromatic nitrogens is 4. The van der Waals surface area contributed by atoms with Gasteiger partial charge in [0.2, 0.25) is 5.95 Å². The molecule has 1 aliphatic carbocycles. The van der Waals surface area contributed by atoms with E-state index in [1.165, 1.54) is 48.6 Å². The standard InChI is InChI=1S/C19H24N6/c1-2-6-15(7-3-1)23-18-13-22-25-19(24-18)20-11-10-14-12-21-17-9-5-4-8-16(14)17/h4-5,8-9,12-13,15,21H,1-3,6-7,10-11H2,(H2,20,23,24,25). The highest BCUT2D eigenvalue weighted by atomic mass is 15.3. The van der Waals surface area contributed by atoms with Crippen LogP contribution in [0.15, 0.2) is 36.7 Å². The second kappa shape index (κ2) is 7.51. The number of benzene rings is 1. The molecule has 0 aliphatic heterocycles. The second-order valence-corrected chi connectivity index (χ2v) is 6.68. The molecule has 1 aliphatic rings. The van der Waals surface area contributed by atoms with Gasteiger partial charge in [0.05, 0.1) is 6.20 Å². The molecule has 0 unspecified atom stereocenters. The lowest BCUT2D eigenvalue weighted by molar-refractivity contribution is 0.461. The molecule has 0 atom stereocenters. The zero-order valence-electron chi connectivity index (χ0n) is 14.3. The number of para-hydroxylation sites is 1. The predicted molar refractivity (Wildman–Crippen MR) is 101 cm³/mol. The Morgan fingerprint density at radius 1 is 1.12 bits per heavy atom. The van der Waals surface area contributed by atoms with Crippen LogP contribution in [0.3, 0.4) is 0 Å². The van der Waals surface area contributed by atoms with Crippen molar-refractivity contribution in [2.24, 2.45) is 0 Å². The number of hydrogen-bond acceptors (Lipinski definition) is 5. The van der Waals surface area contributed by atoms with Gasteiger partial charge in [-0.2, -0.15) is 10.1 Å². The van der Waals surface area contributed by atoms with Crippen LogP contribution in [0.25, 0.3) is 10.9 Å². The molecule has 6 heteroatoms. The molecule has 3 N–H and O–H groups in total. The van der Waals surface area contributed by atoms with Crippen LogP contribution in [0.5, 0.6) is 0 Å². The Balaban J connectivity index is 1.34. The summed E-state index contributed by atoms with van der Waals surface area (Å²) in [6, 6.07) is 8.88. The van der Waals surface area contributed by atoms with E-state index in [0.717, 1.165) is 18.8 Å². The van der Waals surface area contributed by atoms with E-state index in [0.29, 0.717) is 12.0 Å². The third-order valence-corrected chi connectivity index (χ3v) is 4.87. The monoisotopic (exact) mass is 336 g/mol. The van der Waals surface area contributed by atoms with E-state index in [2.05, 4.69) is 55.2 Å². The normalized spacial score (nSPS) is 15.4. The van der Waals surface area contributed by atoms with E-state index in [-0.39, 0.29) is 0 Å². The number of fused-ring (bicyclic) bond motifs is 1. The molecule has 2 heterocycles. The molecule has 0 radical (unpaired) electrons. The molecule has 6 nitrogen and oxygen atoms in total. The lowest BCUT2D eigenvalue weighted by Gasteiger charge is -2.23. The molecular weight excluding hydrogens is 312 g/mol. The van der Waals surface area contributed by atoms with Gasteiger partial charge in [0.25, 0.3) is 0 Å². The minimum Gasteiger partial charge on any atom is -0.366 e. The first-order valence-electron chi connectivity index (χ1n) is 9.13. The average molecular weight is 336 g/mol. The number of hydrogen-bond donors (Lipinski definition) is 3. The fraction of sp³-hybridized carbons (Fsp3) is 0.421. The number of H-pyrrole nitrogens is 1. The van der Waals surface area contributed by atoms with E-state index in [1.807, 2.05) is 6.07 Å². The van der Waals surface area contributed by atoms with Crippen LogP contribution >= 0.6 is 0 Å². The Morgan fingerprint density at radius 3 is 2.92 bits per heavy atom. The number of aromatic amines is 1. The zero-order valence-corrected chi connectivity index (χ0v) is 14.3. The smallest absolute Gasteiger partial charge is 0.244 e. The van der Waals surface area contributed by atoms with Crippen molar-refractivity contribution in [3.63, 3.8) is 0 Å². The highest BCUT2D eigenvalue weighted by Gasteiger charge is 2.14. The first-order valence-corrected chi connectivity index (χ1v) is 9.13. The third kappa shape index (κ3) is 3.90. The van der Waals surface area contributed by atoms with Gasteiger partial charge in [-0.15, -0.1) is 5.10 Å². The van der Waals surface area contributed by atoms with E-state index < -0.39 is 0 Å². The van der Waals surface area contributed by atoms with Crippen molar-refractivity contribution < 1.29 is 0 Å². The lowest BCUT2D eigenvalue weighted by Crippen LogP contribution is -2.23. The molecular formula is C19H24N6. The van der Waals surface area contributed by atoms with E-state index in [9.17, 15) is 0 Å². The molecule has 2 aromatic heterocycles. The van der Waals surface area contributed by atoms with Gasteiger partial charge in [0.1, 0.15) is 0 Å². The SMILES string of the molecule is c1ccc2c(CCNc3nncc(NC4CCCCC4)n3)c[nH]c2c1. The minimum absolute atomic E-state index is 0.518. The Morgan fingerprint density at radius 2 is 2.00 bits per heavy atom. The first kappa shape index (κ1) is 15.9. The molecule has 130 valence electrons. The highest BCUT2D eigenvalue weighted by Crippen LogP contribution is 2.21. The van der Waals surface area contributed by atoms with Gasteiger partial charge in [-0.25, -0.2) is 0 Å². The number of nitrogens with one attached hydrogen (secondary N) is 3. The average Bonchev–Trinajstić information content (AvgIpc) is 3.06. The molecule has 0 amide bonds. The number of anilines is 2. The summed E-state index contributed by atoms with van der Waals surface area (Å²) in [5.74, 6) is 1.40. The van der Waals surface area contributed by atoms with Crippen LogP contribution in [0.4, 0.5) is 11.8 Å². The van der Waals surface area contributed by atoms with Crippen molar-refractivity contribution in [1.82, 2.24) is 20.2 Å². The molecule has 1 fully saturated rings. The summed E-state index contributed by atoms with van der Waals surface area (Å²) in [7, 11) is 0. The van der Waals surface area contributed by atoms with Gasteiger partial charge in [-0.3, -0.25) is 0 Å². The highest BCUT2D eigenvalue weighted by molar-refractivity contribution is 5.83. The van der Waals surface area contributed by atoms with Gasteiger partial charge in [0, 0.05) is 29.7 Å². The van der Waals surface area contributed by atoms with Crippen molar-refractivity contribution >= 4 is 22.7 Å². The summed E-state index contributed by atoms with van der Waals surface area (Å²) >= 11 is 0. The van der Waals surface area contributed by atoms with Crippen molar-refractivity contribution in [1.29, 1.82) is 0 Å². The number of nitrogens with zero attached hydrogens (tertiary/aromatic N) is 3. The molecule has 0 bridgehead atoms. The van der Waals surface area contributed by atoms with Crippen LogP contribution in [0, 0.1) is 0 Å². The van der Waals surface area contributed by atoms with E-state index >= 15 is 0 Å². The molecule has 1 aromatic carbocycles. The van der Waals surface area contributed by atoms with E-state index in [4.69, 9.17) is 0 Å². The van der Waals surface area contributed by atoms with Crippen LogP contribution in [-0.4, -0.2) is 32.8 Å². The topological polar surface area (TPSA) is 78.5 Å². The Bertz CT molecular complexity index is 821. The van der Waals surface area contributed by atoms with Crippen molar-refractivity contribution in [3.8, 4) is 0 Å². The first-order chi connectivity index (χ1) is 12.4. The van der Waals surface area contributed by atoms with Gasteiger partial charge < -0.3 is 15.6 Å². The largest absolute Gasteiger partial charge is 0.366 e. The maximum absolute atomic E-state index is 4.54. The zero-order chi connectivity index (χ0) is 16.9. The van der Waals surface area contributed by atoms with Crippen LogP contribution in [-0.2, 0) is 6.42 Å². The van der Waals surface area contributed by atoms with Crippen LogP contribution in [0.2, 0.25) is 0 Å². The Labute approximate surface area is 147 Å². The quantitative estimate of drug-likeness (QED) is 0.639. The summed E-state index contributed by atoms with van der Waals surface area (Å²) in [5, 5.41) is 16.2. The third-order valence-electron chi connectivity index (χ3n) is 4.87. The summed E-state index contributed by atoms with van der Waals surface area (Å²) in [4.78, 5) is 7.85. The summed E-state index contributed by atoms with van der Waals surface area (Å²) < 4.78 is 0. The maximum atomic E-state index is 4.54. The van der Waals surface area contributed by atoms with Gasteiger partial charge in [-0.05, 0) is 30.9 Å². The van der Waals surface area contributed by atoms with Crippen LogP contribution in [0.1, 0.15) is 37.7 Å². The Hall–Kier alpha value is -2.63. The van der Waals surface area contributed by atoms with Gasteiger partial charge >= 0.3 is 0 Å². The van der Waals surface area contributed by atoms with Crippen molar-refractivity contribution in [3.05, 3.63) is 42.2 Å². The summed E-state index contributed by atoms with van der Waals surface area (Å²) in [6.45, 7) is 0.774. The molecule has 1 saturated carbocycles. The fourth-order valence-electron chi connectivity index (χ4n) is 3.55. The second-order valence-electron chi connectivity index (χ2n) is 6.68. The van der Waals surface area contributed by atoms with Gasteiger partial charge in [-0.1, -0.05) is 37.5 Å². The number of rotatable bonds is 6. The molecule has 4 rings (SSSR count). The molecule has 0 saturated heterocycles. The summed E-state index contributed by atoms with van der Waals surface area (Å²) in [6.07, 6.45) is 11.1. The fourth-order valence-corrected chi connectivity index (χ4v) is 3.55. The lowest BCUT2D eigenvalue weighted by atomic mass is 9.96. The Kier molecular flexibility index (Phi) is 4.77. The molecule has 25 heavy (non-hydrogen) atoms. The van der Waals surface area contributed by atoms with Crippen LogP contribution < -0.4 is 10.6 Å². The molecule has 0 spiro atoms.